The molecule has 92 valence electrons. The van der Waals surface area contributed by atoms with Crippen LogP contribution in [0.1, 0.15) is 5.56 Å². The van der Waals surface area contributed by atoms with Crippen LogP contribution >= 0.6 is 27.5 Å². The maximum Gasteiger partial charge on any atom is 0.147 e. The van der Waals surface area contributed by atoms with Crippen molar-refractivity contribution in [3.8, 4) is 11.5 Å². The highest BCUT2D eigenvalue weighted by Crippen LogP contribution is 2.30. The Kier molecular flexibility index (Phi) is 3.84. The van der Waals surface area contributed by atoms with Gasteiger partial charge < -0.3 is 10.5 Å². The summed E-state index contributed by atoms with van der Waals surface area (Å²) < 4.78 is 6.32. The first-order valence-corrected chi connectivity index (χ1v) is 6.15. The van der Waals surface area contributed by atoms with Crippen molar-refractivity contribution >= 4 is 33.4 Å². The SMILES string of the molecule is N=C(N)c1ccc(Oc2cncc(Cl)c2)c(Br)c1. The third-order valence-electron chi connectivity index (χ3n) is 2.15. The normalized spacial score (nSPS) is 10.1. The highest BCUT2D eigenvalue weighted by Gasteiger charge is 2.06. The van der Waals surface area contributed by atoms with Crippen LogP contribution in [0.5, 0.6) is 11.5 Å². The molecule has 2 rings (SSSR count). The number of aromatic nitrogens is 1. The number of nitrogens with one attached hydrogen (secondary N) is 1. The Morgan fingerprint density at radius 2 is 2.11 bits per heavy atom. The summed E-state index contributed by atoms with van der Waals surface area (Å²) in [5.41, 5.74) is 6.02. The first-order valence-electron chi connectivity index (χ1n) is 4.98. The van der Waals surface area contributed by atoms with Gasteiger partial charge in [-0.3, -0.25) is 10.4 Å². The van der Waals surface area contributed by atoms with Crippen molar-refractivity contribution < 1.29 is 4.74 Å². The monoisotopic (exact) mass is 325 g/mol. The van der Waals surface area contributed by atoms with Crippen molar-refractivity contribution in [1.29, 1.82) is 5.41 Å². The van der Waals surface area contributed by atoms with E-state index in [2.05, 4.69) is 20.9 Å². The summed E-state index contributed by atoms with van der Waals surface area (Å²) in [5, 5.41) is 7.84. The van der Waals surface area contributed by atoms with Crippen LogP contribution in [0.4, 0.5) is 0 Å². The molecule has 6 heteroatoms. The zero-order valence-electron chi connectivity index (χ0n) is 9.15. The molecule has 18 heavy (non-hydrogen) atoms. The molecule has 0 atom stereocenters. The lowest BCUT2D eigenvalue weighted by atomic mass is 10.2. The topological polar surface area (TPSA) is 72.0 Å². The van der Waals surface area contributed by atoms with Gasteiger partial charge in [-0.2, -0.15) is 0 Å². The highest BCUT2D eigenvalue weighted by atomic mass is 79.9. The van der Waals surface area contributed by atoms with Crippen molar-refractivity contribution in [2.45, 2.75) is 0 Å². The van der Waals surface area contributed by atoms with Crippen LogP contribution in [0.3, 0.4) is 0 Å². The molecule has 1 aromatic carbocycles. The number of amidine groups is 1. The maximum absolute atomic E-state index is 7.34. The van der Waals surface area contributed by atoms with Crippen LogP contribution in [0.25, 0.3) is 0 Å². The van der Waals surface area contributed by atoms with Crippen molar-refractivity contribution in [2.75, 3.05) is 0 Å². The number of hydrogen-bond donors (Lipinski definition) is 2. The zero-order valence-corrected chi connectivity index (χ0v) is 11.5. The van der Waals surface area contributed by atoms with Crippen LogP contribution in [-0.2, 0) is 0 Å². The Morgan fingerprint density at radius 1 is 1.33 bits per heavy atom. The number of rotatable bonds is 3. The van der Waals surface area contributed by atoms with Gasteiger partial charge >= 0.3 is 0 Å². The fourth-order valence-corrected chi connectivity index (χ4v) is 1.95. The van der Waals surface area contributed by atoms with Gasteiger partial charge in [0, 0.05) is 17.8 Å². The summed E-state index contributed by atoms with van der Waals surface area (Å²) in [5.74, 6) is 1.15. The first kappa shape index (κ1) is 12.9. The molecule has 1 heterocycles. The van der Waals surface area contributed by atoms with Crippen molar-refractivity contribution in [1.82, 2.24) is 4.98 Å². The fraction of sp³-hybridized carbons (Fsp3) is 0. The average molecular weight is 327 g/mol. The van der Waals surface area contributed by atoms with Gasteiger partial charge in [-0.15, -0.1) is 0 Å². The summed E-state index contributed by atoms with van der Waals surface area (Å²) in [6, 6.07) is 6.82. The molecule has 0 aliphatic rings. The van der Waals surface area contributed by atoms with E-state index in [1.807, 2.05) is 0 Å². The van der Waals surface area contributed by atoms with E-state index < -0.39 is 0 Å². The number of halogens is 2. The molecule has 3 N–H and O–H groups in total. The molecule has 0 spiro atoms. The molecule has 0 aliphatic heterocycles. The third kappa shape index (κ3) is 3.00. The summed E-state index contributed by atoms with van der Waals surface area (Å²) in [7, 11) is 0. The number of nitrogens with zero attached hydrogens (tertiary/aromatic N) is 1. The minimum atomic E-state index is 0.00618. The Hall–Kier alpha value is -1.59. The molecule has 0 radical (unpaired) electrons. The molecule has 0 saturated heterocycles. The maximum atomic E-state index is 7.34. The van der Waals surface area contributed by atoms with Crippen LogP contribution in [0, 0.1) is 5.41 Å². The molecular weight excluding hydrogens is 318 g/mol. The number of hydrogen-bond acceptors (Lipinski definition) is 3. The lowest BCUT2D eigenvalue weighted by Crippen LogP contribution is -2.10. The quantitative estimate of drug-likeness (QED) is 0.669. The Morgan fingerprint density at radius 3 is 2.72 bits per heavy atom. The predicted molar refractivity (Wildman–Crippen MR) is 74.5 cm³/mol. The van der Waals surface area contributed by atoms with Gasteiger partial charge in [0.2, 0.25) is 0 Å². The van der Waals surface area contributed by atoms with Gasteiger partial charge in [-0.25, -0.2) is 0 Å². The standard InChI is InChI=1S/C12H9BrClN3O/c13-10-3-7(12(15)16)1-2-11(10)18-9-4-8(14)5-17-6-9/h1-6H,(H3,15,16). The van der Waals surface area contributed by atoms with E-state index in [0.717, 1.165) is 0 Å². The van der Waals surface area contributed by atoms with E-state index in [1.165, 1.54) is 6.20 Å². The molecule has 0 bridgehead atoms. The van der Waals surface area contributed by atoms with Gasteiger partial charge in [0.05, 0.1) is 15.7 Å². The summed E-state index contributed by atoms with van der Waals surface area (Å²) in [6.07, 6.45) is 3.10. The second-order valence-electron chi connectivity index (χ2n) is 3.50. The molecule has 0 amide bonds. The van der Waals surface area contributed by atoms with Crippen LogP contribution in [0.15, 0.2) is 41.1 Å². The van der Waals surface area contributed by atoms with E-state index in [1.54, 1.807) is 30.5 Å². The van der Waals surface area contributed by atoms with Crippen molar-refractivity contribution in [3.63, 3.8) is 0 Å². The molecule has 0 fully saturated rings. The molecule has 0 saturated carbocycles. The number of pyridine rings is 1. The largest absolute Gasteiger partial charge is 0.455 e. The lowest BCUT2D eigenvalue weighted by Gasteiger charge is -2.08. The highest BCUT2D eigenvalue weighted by molar-refractivity contribution is 9.10. The molecule has 0 unspecified atom stereocenters. The molecule has 0 aliphatic carbocycles. The van der Waals surface area contributed by atoms with Gasteiger partial charge in [-0.05, 0) is 34.1 Å². The minimum Gasteiger partial charge on any atom is -0.455 e. The molecule has 4 nitrogen and oxygen atoms in total. The van der Waals surface area contributed by atoms with E-state index in [9.17, 15) is 0 Å². The first-order chi connectivity index (χ1) is 8.56. The minimum absolute atomic E-state index is 0.00618. The van der Waals surface area contributed by atoms with E-state index in [4.69, 9.17) is 27.5 Å². The van der Waals surface area contributed by atoms with Gasteiger partial charge in [0.25, 0.3) is 0 Å². The van der Waals surface area contributed by atoms with Crippen LogP contribution in [0.2, 0.25) is 5.02 Å². The average Bonchev–Trinajstić information content (AvgIpc) is 2.31. The van der Waals surface area contributed by atoms with Gasteiger partial charge in [0.1, 0.15) is 17.3 Å². The summed E-state index contributed by atoms with van der Waals surface area (Å²) >= 11 is 9.18. The van der Waals surface area contributed by atoms with E-state index in [0.29, 0.717) is 26.6 Å². The second-order valence-corrected chi connectivity index (χ2v) is 4.79. The summed E-state index contributed by atoms with van der Waals surface area (Å²) in [6.45, 7) is 0. The van der Waals surface area contributed by atoms with Crippen LogP contribution < -0.4 is 10.5 Å². The number of nitrogens with two attached hydrogens (primary N) is 1. The third-order valence-corrected chi connectivity index (χ3v) is 2.98. The van der Waals surface area contributed by atoms with Crippen LogP contribution in [-0.4, -0.2) is 10.8 Å². The van der Waals surface area contributed by atoms with Gasteiger partial charge in [0.15, 0.2) is 0 Å². The predicted octanol–water partition coefficient (Wildman–Crippen LogP) is 3.57. The van der Waals surface area contributed by atoms with Crippen molar-refractivity contribution in [2.24, 2.45) is 5.73 Å². The fourth-order valence-electron chi connectivity index (χ4n) is 1.33. The Balaban J connectivity index is 2.27. The Labute approximate surface area is 117 Å². The molecule has 1 aromatic heterocycles. The van der Waals surface area contributed by atoms with E-state index in [-0.39, 0.29) is 5.84 Å². The Bertz CT molecular complexity index is 604. The van der Waals surface area contributed by atoms with E-state index >= 15 is 0 Å². The number of nitrogen functional groups attached to an aromatic ring is 1. The van der Waals surface area contributed by atoms with Crippen molar-refractivity contribution in [3.05, 3.63) is 51.7 Å². The number of benzene rings is 1. The summed E-state index contributed by atoms with van der Waals surface area (Å²) in [4.78, 5) is 3.93. The molecule has 2 aromatic rings. The number of ether oxygens (including phenoxy) is 1. The smallest absolute Gasteiger partial charge is 0.147 e. The zero-order chi connectivity index (χ0) is 13.1. The molecular formula is C12H9BrClN3O. The lowest BCUT2D eigenvalue weighted by molar-refractivity contribution is 0.477. The second kappa shape index (κ2) is 5.37. The van der Waals surface area contributed by atoms with Gasteiger partial charge in [-0.1, -0.05) is 11.6 Å².